The lowest BCUT2D eigenvalue weighted by molar-refractivity contribution is -0.137. The van der Waals surface area contributed by atoms with Crippen LogP contribution in [0.15, 0.2) is 18.2 Å². The fourth-order valence-electron chi connectivity index (χ4n) is 4.10. The number of amides is 1. The normalized spacial score (nSPS) is 22.6. The van der Waals surface area contributed by atoms with Gasteiger partial charge in [0.05, 0.1) is 20.8 Å². The SMILES string of the molecule is Cl.O=C(CCc1nc2cc(C(F)(F)F)ccc2s1)N1CC[C@@H]2CNC[C@@H]2CC1. The summed E-state index contributed by atoms with van der Waals surface area (Å²) in [6, 6.07) is 3.62. The van der Waals surface area contributed by atoms with E-state index in [-0.39, 0.29) is 18.3 Å². The van der Waals surface area contributed by atoms with Gasteiger partial charge in [-0.1, -0.05) is 0 Å². The average molecular weight is 434 g/mol. The van der Waals surface area contributed by atoms with Crippen LogP contribution < -0.4 is 5.32 Å². The summed E-state index contributed by atoms with van der Waals surface area (Å²) in [6.45, 7) is 3.71. The fraction of sp³-hybridized carbons (Fsp3) is 0.579. The molecule has 1 aromatic heterocycles. The lowest BCUT2D eigenvalue weighted by atomic mass is 9.92. The smallest absolute Gasteiger partial charge is 0.343 e. The highest BCUT2D eigenvalue weighted by atomic mass is 35.5. The molecule has 1 N–H and O–H groups in total. The van der Waals surface area contributed by atoms with Crippen molar-refractivity contribution in [3.05, 3.63) is 28.8 Å². The van der Waals surface area contributed by atoms with Crippen LogP contribution in [0.5, 0.6) is 0 Å². The van der Waals surface area contributed by atoms with Gasteiger partial charge >= 0.3 is 6.18 Å². The van der Waals surface area contributed by atoms with Gasteiger partial charge < -0.3 is 10.2 Å². The minimum Gasteiger partial charge on any atom is -0.343 e. The van der Waals surface area contributed by atoms with Crippen LogP contribution in [0.4, 0.5) is 13.2 Å². The van der Waals surface area contributed by atoms with Crippen molar-refractivity contribution in [1.82, 2.24) is 15.2 Å². The number of aryl methyl sites for hydroxylation is 1. The van der Waals surface area contributed by atoms with Crippen LogP contribution in [0, 0.1) is 11.8 Å². The van der Waals surface area contributed by atoms with E-state index in [2.05, 4.69) is 10.3 Å². The minimum atomic E-state index is -4.37. The molecule has 1 aromatic carbocycles. The van der Waals surface area contributed by atoms with E-state index in [9.17, 15) is 18.0 Å². The molecule has 0 bridgehead atoms. The molecule has 154 valence electrons. The quantitative estimate of drug-likeness (QED) is 0.791. The first-order chi connectivity index (χ1) is 12.9. The molecule has 0 aliphatic carbocycles. The summed E-state index contributed by atoms with van der Waals surface area (Å²) < 4.78 is 39.2. The number of halogens is 4. The zero-order chi connectivity index (χ0) is 19.0. The van der Waals surface area contributed by atoms with E-state index in [0.29, 0.717) is 35.2 Å². The summed E-state index contributed by atoms with van der Waals surface area (Å²) in [4.78, 5) is 18.8. The topological polar surface area (TPSA) is 45.2 Å². The fourth-order valence-corrected chi connectivity index (χ4v) is 5.05. The van der Waals surface area contributed by atoms with E-state index in [0.717, 1.165) is 55.9 Å². The van der Waals surface area contributed by atoms with Gasteiger partial charge in [-0.15, -0.1) is 23.7 Å². The number of hydrogen-bond acceptors (Lipinski definition) is 4. The lowest BCUT2D eigenvalue weighted by Gasteiger charge is -2.20. The van der Waals surface area contributed by atoms with Crippen LogP contribution in [-0.2, 0) is 17.4 Å². The number of nitrogens with one attached hydrogen (secondary N) is 1. The molecular weight excluding hydrogens is 411 g/mol. The number of hydrogen-bond donors (Lipinski definition) is 1. The van der Waals surface area contributed by atoms with E-state index < -0.39 is 11.7 Å². The van der Waals surface area contributed by atoms with E-state index >= 15 is 0 Å². The first-order valence-corrected chi connectivity index (χ1v) is 10.2. The summed E-state index contributed by atoms with van der Waals surface area (Å²) in [7, 11) is 0. The van der Waals surface area contributed by atoms with Crippen molar-refractivity contribution in [2.24, 2.45) is 11.8 Å². The Bertz CT molecular complexity index is 827. The number of aromatic nitrogens is 1. The van der Waals surface area contributed by atoms with Gasteiger partial charge in [-0.3, -0.25) is 4.79 Å². The Morgan fingerprint density at radius 1 is 1.21 bits per heavy atom. The number of alkyl halides is 3. The third-order valence-corrected chi connectivity index (χ3v) is 6.78. The Labute approximate surface area is 171 Å². The van der Waals surface area contributed by atoms with Crippen molar-refractivity contribution < 1.29 is 18.0 Å². The molecule has 2 atom stereocenters. The second-order valence-electron chi connectivity index (χ2n) is 7.42. The van der Waals surface area contributed by atoms with Crippen LogP contribution in [0.2, 0.25) is 0 Å². The standard InChI is InChI=1S/C19H22F3N3OS.ClH/c20-19(21,22)14-1-2-16-15(9-14)24-17(27-16)3-4-18(26)25-7-5-12-10-23-11-13(12)6-8-25;/h1-2,9,12-13,23H,3-8,10-11H2;1H/t12-,13+;. The number of carbonyl (C=O) groups excluding carboxylic acids is 1. The zero-order valence-electron chi connectivity index (χ0n) is 15.3. The maximum Gasteiger partial charge on any atom is 0.416 e. The van der Waals surface area contributed by atoms with E-state index in [1.165, 1.54) is 17.4 Å². The van der Waals surface area contributed by atoms with E-state index in [1.54, 1.807) is 0 Å². The Morgan fingerprint density at radius 2 is 1.89 bits per heavy atom. The first-order valence-electron chi connectivity index (χ1n) is 9.35. The van der Waals surface area contributed by atoms with Crippen LogP contribution in [-0.4, -0.2) is 42.0 Å². The third-order valence-electron chi connectivity index (χ3n) is 5.68. The molecule has 4 rings (SSSR count). The summed E-state index contributed by atoms with van der Waals surface area (Å²) in [5.41, 5.74) is -0.333. The number of thiazole rings is 1. The molecule has 0 unspecified atom stereocenters. The van der Waals surface area contributed by atoms with Crippen molar-refractivity contribution in [3.63, 3.8) is 0 Å². The van der Waals surface area contributed by atoms with E-state index in [1.807, 2.05) is 4.90 Å². The molecule has 4 nitrogen and oxygen atoms in total. The Kier molecular flexibility index (Phi) is 6.51. The summed E-state index contributed by atoms with van der Waals surface area (Å²) >= 11 is 1.37. The predicted octanol–water partition coefficient (Wildman–Crippen LogP) is 4.13. The third kappa shape index (κ3) is 4.60. The molecular formula is C19H23ClF3N3OS. The molecule has 2 aliphatic rings. The van der Waals surface area contributed by atoms with Gasteiger partial charge in [0.15, 0.2) is 0 Å². The molecule has 2 aliphatic heterocycles. The van der Waals surface area contributed by atoms with Gasteiger partial charge in [-0.05, 0) is 56.0 Å². The van der Waals surface area contributed by atoms with Crippen LogP contribution in [0.1, 0.15) is 29.8 Å². The van der Waals surface area contributed by atoms with Crippen molar-refractivity contribution in [2.75, 3.05) is 26.2 Å². The second kappa shape index (κ2) is 8.55. The maximum atomic E-state index is 12.8. The Morgan fingerprint density at radius 3 is 2.54 bits per heavy atom. The highest BCUT2D eigenvalue weighted by molar-refractivity contribution is 7.18. The van der Waals surface area contributed by atoms with Crippen molar-refractivity contribution >= 4 is 39.9 Å². The maximum absolute atomic E-state index is 12.8. The minimum absolute atomic E-state index is 0. The molecule has 0 saturated carbocycles. The number of benzene rings is 1. The molecule has 1 amide bonds. The van der Waals surface area contributed by atoms with Crippen LogP contribution >= 0.6 is 23.7 Å². The summed E-state index contributed by atoms with van der Waals surface area (Å²) in [5.74, 6) is 1.47. The van der Waals surface area contributed by atoms with Gasteiger partial charge in [0.1, 0.15) is 0 Å². The first kappa shape index (κ1) is 21.3. The van der Waals surface area contributed by atoms with E-state index in [4.69, 9.17) is 0 Å². The summed E-state index contributed by atoms with van der Waals surface area (Å²) in [5, 5.41) is 4.14. The van der Waals surface area contributed by atoms with Crippen molar-refractivity contribution in [3.8, 4) is 0 Å². The predicted molar refractivity (Wildman–Crippen MR) is 106 cm³/mol. The molecule has 2 aromatic rings. The van der Waals surface area contributed by atoms with Crippen LogP contribution in [0.25, 0.3) is 10.2 Å². The molecule has 3 heterocycles. The summed E-state index contributed by atoms with van der Waals surface area (Å²) in [6.07, 6.45) is -1.44. The molecule has 28 heavy (non-hydrogen) atoms. The second-order valence-corrected chi connectivity index (χ2v) is 8.54. The van der Waals surface area contributed by atoms with Gasteiger partial charge in [-0.2, -0.15) is 13.2 Å². The number of carbonyl (C=O) groups is 1. The molecule has 2 fully saturated rings. The molecule has 9 heteroatoms. The van der Waals surface area contributed by atoms with Gasteiger partial charge in [-0.25, -0.2) is 4.98 Å². The van der Waals surface area contributed by atoms with Crippen molar-refractivity contribution in [2.45, 2.75) is 31.9 Å². The van der Waals surface area contributed by atoms with Crippen molar-refractivity contribution in [1.29, 1.82) is 0 Å². The number of fused-ring (bicyclic) bond motifs is 2. The van der Waals surface area contributed by atoms with Crippen LogP contribution in [0.3, 0.4) is 0 Å². The molecule has 0 spiro atoms. The highest BCUT2D eigenvalue weighted by Crippen LogP contribution is 2.33. The number of likely N-dealkylation sites (tertiary alicyclic amines) is 1. The Hall–Kier alpha value is -1.38. The molecule has 0 radical (unpaired) electrons. The zero-order valence-corrected chi connectivity index (χ0v) is 16.9. The van der Waals surface area contributed by atoms with Gasteiger partial charge in [0.2, 0.25) is 5.91 Å². The highest BCUT2D eigenvalue weighted by Gasteiger charge is 2.32. The van der Waals surface area contributed by atoms with Gasteiger partial charge in [0, 0.05) is 25.9 Å². The monoisotopic (exact) mass is 433 g/mol. The lowest BCUT2D eigenvalue weighted by Crippen LogP contribution is -2.32. The van der Waals surface area contributed by atoms with Gasteiger partial charge in [0.25, 0.3) is 0 Å². The largest absolute Gasteiger partial charge is 0.416 e. The molecule has 2 saturated heterocycles. The number of rotatable bonds is 3. The number of nitrogens with zero attached hydrogens (tertiary/aromatic N) is 2. The average Bonchev–Trinajstić information content (AvgIpc) is 3.20. The Balaban J connectivity index is 0.00000225.